The van der Waals surface area contributed by atoms with Crippen molar-refractivity contribution in [2.75, 3.05) is 10.6 Å². The van der Waals surface area contributed by atoms with E-state index in [1.54, 1.807) is 12.1 Å². The van der Waals surface area contributed by atoms with E-state index in [1.165, 1.54) is 6.07 Å². The molecule has 0 aliphatic rings. The molecule has 0 unspecified atom stereocenters. The second-order valence-electron chi connectivity index (χ2n) is 4.97. The molecule has 0 bridgehead atoms. The molecule has 0 fully saturated rings. The summed E-state index contributed by atoms with van der Waals surface area (Å²) in [4.78, 5) is 23.9. The molecule has 0 saturated carbocycles. The van der Waals surface area contributed by atoms with Crippen molar-refractivity contribution in [2.24, 2.45) is 5.84 Å². The maximum Gasteiger partial charge on any atom is 0.573 e. The molecule has 12 heteroatoms. The summed E-state index contributed by atoms with van der Waals surface area (Å²) in [5.41, 5.74) is 1.71. The molecule has 2 rings (SSSR count). The molecule has 7 nitrogen and oxygen atoms in total. The second-order valence-corrected chi connectivity index (χ2v) is 6.32. The fourth-order valence-corrected chi connectivity index (χ4v) is 2.87. The number of anilines is 2. The number of nitrogens with two attached hydrogens (primary N) is 1. The van der Waals surface area contributed by atoms with Crippen molar-refractivity contribution >= 4 is 50.8 Å². The van der Waals surface area contributed by atoms with Crippen molar-refractivity contribution < 1.29 is 27.5 Å². The first-order chi connectivity index (χ1) is 12.6. The van der Waals surface area contributed by atoms with Crippen LogP contribution in [0.4, 0.5) is 29.3 Å². The number of carbonyl (C=O) groups is 2. The largest absolute Gasteiger partial charge is 0.573 e. The zero-order valence-corrected chi connectivity index (χ0v) is 15.5. The van der Waals surface area contributed by atoms with Crippen LogP contribution in [0.25, 0.3) is 0 Å². The molecule has 0 heterocycles. The molecule has 2 aromatic carbocycles. The van der Waals surface area contributed by atoms with Gasteiger partial charge in [-0.2, -0.15) is 0 Å². The predicted octanol–water partition coefficient (Wildman–Crippen LogP) is 4.25. The van der Waals surface area contributed by atoms with E-state index in [0.717, 1.165) is 18.2 Å². The molecule has 3 amide bonds. The average Bonchev–Trinajstić information content (AvgIpc) is 2.51. The van der Waals surface area contributed by atoms with E-state index in [4.69, 9.17) is 17.4 Å². The third kappa shape index (κ3) is 6.31. The highest BCUT2D eigenvalue weighted by atomic mass is 79.9. The van der Waals surface area contributed by atoms with E-state index in [2.05, 4.69) is 31.3 Å². The van der Waals surface area contributed by atoms with Gasteiger partial charge in [-0.05, 0) is 30.3 Å². The van der Waals surface area contributed by atoms with E-state index in [1.807, 2.05) is 5.43 Å². The van der Waals surface area contributed by atoms with Gasteiger partial charge in [0.1, 0.15) is 5.75 Å². The molecule has 2 aromatic rings. The number of rotatable bonds is 4. The van der Waals surface area contributed by atoms with Gasteiger partial charge in [0.2, 0.25) is 0 Å². The summed E-state index contributed by atoms with van der Waals surface area (Å²) in [6, 6.07) is 6.52. The molecule has 144 valence electrons. The minimum absolute atomic E-state index is 0.172. The lowest BCUT2D eigenvalue weighted by atomic mass is 10.1. The number of hydrogen-bond donors (Lipinski definition) is 4. The molecule has 5 N–H and O–H groups in total. The van der Waals surface area contributed by atoms with Crippen LogP contribution in [0.5, 0.6) is 5.75 Å². The van der Waals surface area contributed by atoms with E-state index in [0.29, 0.717) is 15.2 Å². The predicted molar refractivity (Wildman–Crippen MR) is 96.6 cm³/mol. The first kappa shape index (κ1) is 20.8. The number of ether oxygens (including phenoxy) is 1. The standard InChI is InChI=1S/C15H11BrClF3N4O3/c16-7-3-8(17)5-9(4-7)22-14(26)23-12-6-10(27-15(18,19)20)1-2-11(12)13(25)24-21/h1-6H,21H2,(H,24,25)(H2,22,23,26). The highest BCUT2D eigenvalue weighted by Gasteiger charge is 2.31. The normalized spacial score (nSPS) is 10.9. The van der Waals surface area contributed by atoms with E-state index in [-0.39, 0.29) is 11.3 Å². The first-order valence-corrected chi connectivity index (χ1v) is 8.19. The molecular formula is C15H11BrClF3N4O3. The molecular weight excluding hydrogens is 457 g/mol. The fraction of sp³-hybridized carbons (Fsp3) is 0.0667. The zero-order chi connectivity index (χ0) is 20.2. The molecule has 0 aliphatic heterocycles. The number of urea groups is 1. The molecule has 0 saturated heterocycles. The van der Waals surface area contributed by atoms with Crippen molar-refractivity contribution in [1.82, 2.24) is 5.43 Å². The summed E-state index contributed by atoms with van der Waals surface area (Å²) in [6.45, 7) is 0. The lowest BCUT2D eigenvalue weighted by Crippen LogP contribution is -2.31. The third-order valence-corrected chi connectivity index (χ3v) is 3.65. The molecule has 0 spiro atoms. The van der Waals surface area contributed by atoms with Gasteiger partial charge in [0.05, 0.1) is 11.3 Å². The van der Waals surface area contributed by atoms with Crippen LogP contribution in [0.15, 0.2) is 40.9 Å². The summed E-state index contributed by atoms with van der Waals surface area (Å²) < 4.78 is 41.5. The van der Waals surface area contributed by atoms with Gasteiger partial charge >= 0.3 is 12.4 Å². The monoisotopic (exact) mass is 466 g/mol. The summed E-state index contributed by atoms with van der Waals surface area (Å²) in [5.74, 6) is 3.59. The molecule has 27 heavy (non-hydrogen) atoms. The topological polar surface area (TPSA) is 105 Å². The van der Waals surface area contributed by atoms with Gasteiger partial charge in [0, 0.05) is 21.2 Å². The van der Waals surface area contributed by atoms with Gasteiger partial charge in [-0.15, -0.1) is 13.2 Å². The number of benzene rings is 2. The van der Waals surface area contributed by atoms with Gasteiger partial charge in [-0.1, -0.05) is 27.5 Å². The van der Waals surface area contributed by atoms with Gasteiger partial charge < -0.3 is 15.4 Å². The Bertz CT molecular complexity index is 860. The highest BCUT2D eigenvalue weighted by molar-refractivity contribution is 9.10. The minimum atomic E-state index is -4.94. The Morgan fingerprint density at radius 3 is 2.41 bits per heavy atom. The number of alkyl halides is 3. The Hall–Kier alpha value is -2.50. The van der Waals surface area contributed by atoms with Gasteiger partial charge in [0.15, 0.2) is 0 Å². The summed E-state index contributed by atoms with van der Waals surface area (Å²) in [6.07, 6.45) is -4.94. The van der Waals surface area contributed by atoms with Crippen LogP contribution in [0, 0.1) is 0 Å². The number of amides is 3. The number of nitrogens with one attached hydrogen (secondary N) is 3. The van der Waals surface area contributed by atoms with Gasteiger partial charge in [-0.25, -0.2) is 10.6 Å². The lowest BCUT2D eigenvalue weighted by Gasteiger charge is -2.14. The molecule has 0 aliphatic carbocycles. The molecule has 0 atom stereocenters. The van der Waals surface area contributed by atoms with Crippen molar-refractivity contribution in [1.29, 1.82) is 0 Å². The summed E-state index contributed by atoms with van der Waals surface area (Å²) >= 11 is 9.07. The SMILES string of the molecule is NNC(=O)c1ccc(OC(F)(F)F)cc1NC(=O)Nc1cc(Cl)cc(Br)c1. The molecule has 0 aromatic heterocycles. The van der Waals surface area contributed by atoms with Crippen LogP contribution in [-0.4, -0.2) is 18.3 Å². The minimum Gasteiger partial charge on any atom is -0.406 e. The Balaban J connectivity index is 2.26. The fourth-order valence-electron chi connectivity index (χ4n) is 2.01. The number of nitrogen functional groups attached to an aromatic ring is 1. The molecule has 0 radical (unpaired) electrons. The van der Waals surface area contributed by atoms with Crippen LogP contribution in [0.3, 0.4) is 0 Å². The Morgan fingerprint density at radius 1 is 1.11 bits per heavy atom. The number of hydrazine groups is 1. The van der Waals surface area contributed by atoms with Crippen molar-refractivity contribution in [3.05, 3.63) is 51.5 Å². The van der Waals surface area contributed by atoms with Crippen LogP contribution < -0.4 is 26.6 Å². The maximum atomic E-state index is 12.4. The van der Waals surface area contributed by atoms with E-state index >= 15 is 0 Å². The maximum absolute atomic E-state index is 12.4. The quantitative estimate of drug-likeness (QED) is 0.306. The smallest absolute Gasteiger partial charge is 0.406 e. The number of carbonyl (C=O) groups excluding carboxylic acids is 2. The van der Waals surface area contributed by atoms with Crippen LogP contribution in [0.1, 0.15) is 10.4 Å². The second kappa shape index (κ2) is 8.46. The van der Waals surface area contributed by atoms with Crippen LogP contribution in [0.2, 0.25) is 5.02 Å². The van der Waals surface area contributed by atoms with Crippen molar-refractivity contribution in [2.45, 2.75) is 6.36 Å². The van der Waals surface area contributed by atoms with Crippen molar-refractivity contribution in [3.63, 3.8) is 0 Å². The third-order valence-electron chi connectivity index (χ3n) is 2.97. The highest BCUT2D eigenvalue weighted by Crippen LogP contribution is 2.28. The Kier molecular flexibility index (Phi) is 6.52. The number of halogens is 5. The van der Waals surface area contributed by atoms with Gasteiger partial charge in [-0.3, -0.25) is 10.2 Å². The van der Waals surface area contributed by atoms with Crippen LogP contribution >= 0.6 is 27.5 Å². The van der Waals surface area contributed by atoms with E-state index in [9.17, 15) is 22.8 Å². The summed E-state index contributed by atoms with van der Waals surface area (Å²) in [7, 11) is 0. The lowest BCUT2D eigenvalue weighted by molar-refractivity contribution is -0.274. The number of hydrogen-bond acceptors (Lipinski definition) is 4. The Morgan fingerprint density at radius 2 is 1.81 bits per heavy atom. The van der Waals surface area contributed by atoms with Crippen LogP contribution in [-0.2, 0) is 0 Å². The van der Waals surface area contributed by atoms with E-state index < -0.39 is 24.1 Å². The van der Waals surface area contributed by atoms with Crippen molar-refractivity contribution in [3.8, 4) is 5.75 Å². The van der Waals surface area contributed by atoms with Gasteiger partial charge in [0.25, 0.3) is 5.91 Å². The summed E-state index contributed by atoms with van der Waals surface area (Å²) in [5, 5.41) is 5.04. The zero-order valence-electron chi connectivity index (χ0n) is 13.2. The first-order valence-electron chi connectivity index (χ1n) is 7.02. The average molecular weight is 468 g/mol. The Labute approximate surface area is 164 Å².